The summed E-state index contributed by atoms with van der Waals surface area (Å²) in [6.45, 7) is 0.276. The van der Waals surface area contributed by atoms with Crippen LogP contribution in [0.15, 0.2) is 21.5 Å². The van der Waals surface area contributed by atoms with Crippen molar-refractivity contribution in [3.05, 3.63) is 26.7 Å². The third-order valence-corrected chi connectivity index (χ3v) is 5.85. The molecule has 0 spiro atoms. The number of halogens is 5. The van der Waals surface area contributed by atoms with Crippen molar-refractivity contribution in [2.75, 3.05) is 24.8 Å². The molecule has 19 heavy (non-hydrogen) atoms. The normalized spacial score (nSPS) is 12.1. The van der Waals surface area contributed by atoms with Gasteiger partial charge < -0.3 is 0 Å². The first kappa shape index (κ1) is 17.8. The summed E-state index contributed by atoms with van der Waals surface area (Å²) in [5.41, 5.74) is 0. The van der Waals surface area contributed by atoms with Crippen molar-refractivity contribution in [1.82, 2.24) is 4.31 Å². The van der Waals surface area contributed by atoms with Crippen molar-refractivity contribution in [2.45, 2.75) is 4.90 Å². The predicted molar refractivity (Wildman–Crippen MR) is 84.4 cm³/mol. The van der Waals surface area contributed by atoms with Crippen LogP contribution in [0.3, 0.4) is 0 Å². The Labute approximate surface area is 140 Å². The van der Waals surface area contributed by atoms with E-state index in [2.05, 4.69) is 15.9 Å². The van der Waals surface area contributed by atoms with Crippen LogP contribution in [0.2, 0.25) is 10.0 Å². The van der Waals surface area contributed by atoms with E-state index in [4.69, 9.17) is 46.4 Å². The Bertz CT molecular complexity index is 523. The number of hydrogen-bond acceptors (Lipinski definition) is 2. The summed E-state index contributed by atoms with van der Waals surface area (Å²) < 4.78 is 26.7. The average Bonchev–Trinajstić information content (AvgIpc) is 2.26. The van der Waals surface area contributed by atoms with Crippen molar-refractivity contribution >= 4 is 72.4 Å². The van der Waals surface area contributed by atoms with E-state index in [1.54, 1.807) is 0 Å². The van der Waals surface area contributed by atoms with Crippen molar-refractivity contribution in [3.63, 3.8) is 0 Å². The van der Waals surface area contributed by atoms with Crippen LogP contribution < -0.4 is 0 Å². The van der Waals surface area contributed by atoms with Crippen molar-refractivity contribution in [3.8, 4) is 0 Å². The number of rotatable bonds is 6. The standard InChI is InChI=1S/C10H10BrCl4NO2S/c11-7-5-8(14)10(9(15)6-7)19(17,18)16(3-1-12)4-2-13/h5-6H,1-4H2. The summed E-state index contributed by atoms with van der Waals surface area (Å²) in [7, 11) is -3.82. The lowest BCUT2D eigenvalue weighted by Gasteiger charge is -2.21. The smallest absolute Gasteiger partial charge is 0.207 e. The fraction of sp³-hybridized carbons (Fsp3) is 0.400. The molecule has 0 saturated heterocycles. The molecule has 3 nitrogen and oxygen atoms in total. The van der Waals surface area contributed by atoms with Crippen molar-refractivity contribution in [1.29, 1.82) is 0 Å². The lowest BCUT2D eigenvalue weighted by molar-refractivity contribution is 0.448. The Kier molecular flexibility index (Phi) is 7.21. The predicted octanol–water partition coefficient (Wildman–Crippen LogP) is 4.22. The highest BCUT2D eigenvalue weighted by Gasteiger charge is 2.28. The van der Waals surface area contributed by atoms with E-state index in [-0.39, 0.29) is 39.8 Å². The average molecular weight is 430 g/mol. The van der Waals surface area contributed by atoms with E-state index in [9.17, 15) is 8.42 Å². The molecule has 0 bridgehead atoms. The van der Waals surface area contributed by atoms with Gasteiger partial charge in [0.1, 0.15) is 4.90 Å². The van der Waals surface area contributed by atoms with E-state index < -0.39 is 10.0 Å². The fourth-order valence-corrected chi connectivity index (χ4v) is 5.38. The van der Waals surface area contributed by atoms with Gasteiger partial charge in [-0.1, -0.05) is 39.1 Å². The molecule has 0 atom stereocenters. The minimum absolute atomic E-state index is 0.0496. The Balaban J connectivity index is 3.33. The minimum Gasteiger partial charge on any atom is -0.207 e. The number of sulfonamides is 1. The van der Waals surface area contributed by atoms with Crippen LogP contribution in [0.5, 0.6) is 0 Å². The van der Waals surface area contributed by atoms with Crippen LogP contribution in [0.25, 0.3) is 0 Å². The van der Waals surface area contributed by atoms with Gasteiger partial charge in [0.05, 0.1) is 10.0 Å². The maximum Gasteiger partial charge on any atom is 0.246 e. The molecule has 0 amide bonds. The molecule has 1 aromatic rings. The summed E-state index contributed by atoms with van der Waals surface area (Å²) in [5, 5.41) is 0.0991. The zero-order valence-corrected chi connectivity index (χ0v) is 15.0. The molecule has 0 saturated carbocycles. The molecule has 0 fully saturated rings. The van der Waals surface area contributed by atoms with Crippen LogP contribution >= 0.6 is 62.3 Å². The second-order valence-corrected chi connectivity index (χ2v) is 7.84. The van der Waals surface area contributed by atoms with Gasteiger partial charge in [0.15, 0.2) is 0 Å². The molecule has 1 rings (SSSR count). The van der Waals surface area contributed by atoms with E-state index in [1.165, 1.54) is 12.1 Å². The van der Waals surface area contributed by atoms with Gasteiger partial charge in [-0.05, 0) is 12.1 Å². The maximum absolute atomic E-state index is 12.5. The van der Waals surface area contributed by atoms with Gasteiger partial charge in [0.2, 0.25) is 10.0 Å². The van der Waals surface area contributed by atoms with Crippen molar-refractivity contribution < 1.29 is 8.42 Å². The molecule has 108 valence electrons. The summed E-state index contributed by atoms with van der Waals surface area (Å²) in [4.78, 5) is -0.130. The molecule has 0 heterocycles. The maximum atomic E-state index is 12.5. The molecule has 9 heteroatoms. The number of benzene rings is 1. The van der Waals surface area contributed by atoms with E-state index in [0.29, 0.717) is 4.47 Å². The molecule has 1 aromatic carbocycles. The van der Waals surface area contributed by atoms with Gasteiger partial charge in [-0.15, -0.1) is 23.2 Å². The van der Waals surface area contributed by atoms with Gasteiger partial charge >= 0.3 is 0 Å². The zero-order valence-electron chi connectivity index (χ0n) is 9.54. The first-order valence-corrected chi connectivity index (χ1v) is 9.17. The Hall–Kier alpha value is 0.770. The Morgan fingerprint density at radius 1 is 1.05 bits per heavy atom. The lowest BCUT2D eigenvalue weighted by atomic mass is 10.4. The van der Waals surface area contributed by atoms with Gasteiger partial charge in [-0.2, -0.15) is 4.31 Å². The Morgan fingerprint density at radius 2 is 1.47 bits per heavy atom. The van der Waals surface area contributed by atoms with Gasteiger partial charge in [-0.3, -0.25) is 0 Å². The third kappa shape index (κ3) is 4.37. The second kappa shape index (κ2) is 7.69. The molecule has 0 N–H and O–H groups in total. The molecule has 0 aliphatic heterocycles. The summed E-state index contributed by atoms with van der Waals surface area (Å²) in [6.07, 6.45) is 0. The lowest BCUT2D eigenvalue weighted by Crippen LogP contribution is -2.34. The quantitative estimate of drug-likeness (QED) is 0.635. The summed E-state index contributed by atoms with van der Waals surface area (Å²) >= 11 is 26.4. The van der Waals surface area contributed by atoms with Crippen LogP contribution in [-0.4, -0.2) is 37.6 Å². The van der Waals surface area contributed by atoms with E-state index >= 15 is 0 Å². The van der Waals surface area contributed by atoms with Crippen molar-refractivity contribution in [2.24, 2.45) is 0 Å². The van der Waals surface area contributed by atoms with Crippen LogP contribution in [-0.2, 0) is 10.0 Å². The highest BCUT2D eigenvalue weighted by molar-refractivity contribution is 9.10. The number of hydrogen-bond donors (Lipinski definition) is 0. The third-order valence-electron chi connectivity index (χ3n) is 2.23. The second-order valence-electron chi connectivity index (χ2n) is 3.48. The number of nitrogens with zero attached hydrogens (tertiary/aromatic N) is 1. The highest BCUT2D eigenvalue weighted by Crippen LogP contribution is 2.34. The summed E-state index contributed by atoms with van der Waals surface area (Å²) in [6, 6.07) is 2.94. The Morgan fingerprint density at radius 3 is 1.84 bits per heavy atom. The minimum atomic E-state index is -3.82. The zero-order chi connectivity index (χ0) is 14.6. The highest BCUT2D eigenvalue weighted by atomic mass is 79.9. The molecule has 0 unspecified atom stereocenters. The molecule has 0 aromatic heterocycles. The largest absolute Gasteiger partial charge is 0.246 e. The summed E-state index contributed by atoms with van der Waals surface area (Å²) in [5.74, 6) is 0.309. The molecular weight excluding hydrogens is 420 g/mol. The molecule has 0 radical (unpaired) electrons. The van der Waals surface area contributed by atoms with E-state index in [1.807, 2.05) is 0 Å². The number of alkyl halides is 2. The SMILES string of the molecule is O=S(=O)(c1c(Cl)cc(Br)cc1Cl)N(CCCl)CCCl. The fourth-order valence-electron chi connectivity index (χ4n) is 1.45. The van der Waals surface area contributed by atoms with E-state index in [0.717, 1.165) is 4.31 Å². The molecular formula is C10H10BrCl4NO2S. The molecule has 0 aliphatic carbocycles. The monoisotopic (exact) mass is 427 g/mol. The topological polar surface area (TPSA) is 37.4 Å². The first-order valence-electron chi connectivity index (χ1n) is 5.11. The van der Waals surface area contributed by atoms with Crippen LogP contribution in [0.4, 0.5) is 0 Å². The van der Waals surface area contributed by atoms with Crippen LogP contribution in [0, 0.1) is 0 Å². The first-order chi connectivity index (χ1) is 8.84. The van der Waals surface area contributed by atoms with Gasteiger partial charge in [0, 0.05) is 29.3 Å². The van der Waals surface area contributed by atoms with Crippen LogP contribution in [0.1, 0.15) is 0 Å². The molecule has 0 aliphatic rings. The van der Waals surface area contributed by atoms with Gasteiger partial charge in [-0.25, -0.2) is 8.42 Å². The van der Waals surface area contributed by atoms with Gasteiger partial charge in [0.25, 0.3) is 0 Å².